The van der Waals surface area contributed by atoms with Gasteiger partial charge in [-0.3, -0.25) is 4.79 Å². The molecule has 2 aromatic rings. The highest BCUT2D eigenvalue weighted by Crippen LogP contribution is 2.23. The van der Waals surface area contributed by atoms with E-state index in [-0.39, 0.29) is 5.56 Å². The van der Waals surface area contributed by atoms with Crippen LogP contribution in [0.4, 0.5) is 0 Å². The second-order valence-corrected chi connectivity index (χ2v) is 6.41. The van der Waals surface area contributed by atoms with Gasteiger partial charge in [0.15, 0.2) is 0 Å². The number of hydrogen-bond donors (Lipinski definition) is 1. The Bertz CT molecular complexity index is 610. The molecule has 0 unspecified atom stereocenters. The predicted octanol–water partition coefficient (Wildman–Crippen LogP) is 3.90. The Labute approximate surface area is 126 Å². The van der Waals surface area contributed by atoms with Crippen LogP contribution < -0.4 is 5.56 Å². The van der Waals surface area contributed by atoms with E-state index in [2.05, 4.69) is 41.8 Å². The van der Waals surface area contributed by atoms with Gasteiger partial charge < -0.3 is 4.98 Å². The summed E-state index contributed by atoms with van der Waals surface area (Å²) in [5.41, 5.74) is 0.582. The molecule has 0 bridgehead atoms. The number of nitrogens with zero attached hydrogens (tertiary/aromatic N) is 1. The molecule has 1 N–H and O–H groups in total. The highest BCUT2D eigenvalue weighted by Gasteiger charge is 2.05. The van der Waals surface area contributed by atoms with Crippen molar-refractivity contribution in [1.29, 1.82) is 0 Å². The van der Waals surface area contributed by atoms with E-state index in [1.165, 1.54) is 0 Å². The number of benzene rings is 1. The highest BCUT2D eigenvalue weighted by atomic mass is 79.9. The molecule has 94 valence electrons. The zero-order valence-corrected chi connectivity index (χ0v) is 13.5. The lowest BCUT2D eigenvalue weighted by molar-refractivity contribution is 0.954. The van der Waals surface area contributed by atoms with Gasteiger partial charge in [-0.05, 0) is 47.1 Å². The van der Waals surface area contributed by atoms with Crippen molar-refractivity contribution in [3.63, 3.8) is 0 Å². The van der Waals surface area contributed by atoms with Crippen molar-refractivity contribution < 1.29 is 0 Å². The van der Waals surface area contributed by atoms with Crippen LogP contribution in [-0.2, 0) is 5.75 Å². The molecular formula is C12H10Br2N2OS. The van der Waals surface area contributed by atoms with Crippen LogP contribution in [0.1, 0.15) is 11.5 Å². The van der Waals surface area contributed by atoms with Crippen LogP contribution in [0, 0.1) is 6.92 Å². The van der Waals surface area contributed by atoms with Gasteiger partial charge in [0.1, 0.15) is 10.3 Å². The third kappa shape index (κ3) is 3.46. The molecule has 1 heterocycles. The largest absolute Gasteiger partial charge is 0.309 e. The maximum Gasteiger partial charge on any atom is 0.265 e. The van der Waals surface area contributed by atoms with Crippen molar-refractivity contribution in [2.45, 2.75) is 17.6 Å². The van der Waals surface area contributed by atoms with E-state index in [1.54, 1.807) is 11.8 Å². The molecule has 18 heavy (non-hydrogen) atoms. The van der Waals surface area contributed by atoms with Crippen LogP contribution in [0.3, 0.4) is 0 Å². The molecule has 1 aromatic heterocycles. The van der Waals surface area contributed by atoms with E-state index in [0.717, 1.165) is 9.37 Å². The van der Waals surface area contributed by atoms with Crippen LogP contribution in [0.15, 0.2) is 42.9 Å². The van der Waals surface area contributed by atoms with Crippen molar-refractivity contribution in [2.24, 2.45) is 0 Å². The summed E-state index contributed by atoms with van der Waals surface area (Å²) in [7, 11) is 0. The average molecular weight is 390 g/mol. The van der Waals surface area contributed by atoms with E-state index in [1.807, 2.05) is 31.2 Å². The van der Waals surface area contributed by atoms with Crippen molar-refractivity contribution in [3.05, 3.63) is 55.1 Å². The van der Waals surface area contributed by atoms with E-state index < -0.39 is 0 Å². The number of aromatic nitrogens is 2. The van der Waals surface area contributed by atoms with E-state index in [4.69, 9.17) is 0 Å². The number of aromatic amines is 1. The van der Waals surface area contributed by atoms with Crippen molar-refractivity contribution in [1.82, 2.24) is 9.97 Å². The summed E-state index contributed by atoms with van der Waals surface area (Å²) in [5, 5.41) is 0. The Morgan fingerprint density at radius 2 is 1.94 bits per heavy atom. The first-order valence-electron chi connectivity index (χ1n) is 5.20. The fourth-order valence-corrected chi connectivity index (χ4v) is 2.60. The third-order valence-corrected chi connectivity index (χ3v) is 4.75. The molecule has 1 aromatic carbocycles. The van der Waals surface area contributed by atoms with Crippen LogP contribution in [-0.4, -0.2) is 9.97 Å². The Hall–Kier alpha value is -0.590. The SMILES string of the molecule is Cc1nc(CSc2ccc(Br)cc2)[nH]c(=O)c1Br. The molecule has 6 heteroatoms. The number of halogens is 2. The monoisotopic (exact) mass is 388 g/mol. The molecule has 2 rings (SSSR count). The Morgan fingerprint density at radius 1 is 1.28 bits per heavy atom. The molecule has 0 saturated carbocycles. The maximum absolute atomic E-state index is 11.6. The second kappa shape index (κ2) is 6.04. The van der Waals surface area contributed by atoms with Crippen LogP contribution in [0.5, 0.6) is 0 Å². The molecule has 0 aliphatic heterocycles. The number of hydrogen-bond acceptors (Lipinski definition) is 3. The van der Waals surface area contributed by atoms with Crippen LogP contribution >= 0.6 is 43.6 Å². The lowest BCUT2D eigenvalue weighted by atomic mass is 10.4. The smallest absolute Gasteiger partial charge is 0.265 e. The molecule has 0 amide bonds. The predicted molar refractivity (Wildman–Crippen MR) is 81.0 cm³/mol. The summed E-state index contributed by atoms with van der Waals surface area (Å²) in [5.74, 6) is 1.33. The van der Waals surface area contributed by atoms with Crippen molar-refractivity contribution in [3.8, 4) is 0 Å². The summed E-state index contributed by atoms with van der Waals surface area (Å²) in [4.78, 5) is 19.8. The first-order chi connectivity index (χ1) is 8.56. The van der Waals surface area contributed by atoms with Gasteiger partial charge in [0.25, 0.3) is 5.56 Å². The van der Waals surface area contributed by atoms with Gasteiger partial charge in [-0.2, -0.15) is 0 Å². The van der Waals surface area contributed by atoms with Gasteiger partial charge in [0.05, 0.1) is 11.4 Å². The minimum Gasteiger partial charge on any atom is -0.309 e. The minimum absolute atomic E-state index is 0.131. The zero-order valence-electron chi connectivity index (χ0n) is 9.54. The Balaban J connectivity index is 2.11. The van der Waals surface area contributed by atoms with Gasteiger partial charge in [-0.15, -0.1) is 11.8 Å². The van der Waals surface area contributed by atoms with Gasteiger partial charge in [0, 0.05) is 9.37 Å². The summed E-state index contributed by atoms with van der Waals surface area (Å²) in [6, 6.07) is 8.04. The lowest BCUT2D eigenvalue weighted by Gasteiger charge is -2.03. The fourth-order valence-electron chi connectivity index (χ4n) is 1.38. The van der Waals surface area contributed by atoms with Crippen LogP contribution in [0.25, 0.3) is 0 Å². The number of H-pyrrole nitrogens is 1. The zero-order chi connectivity index (χ0) is 13.1. The normalized spacial score (nSPS) is 10.6. The summed E-state index contributed by atoms with van der Waals surface area (Å²) < 4.78 is 1.55. The second-order valence-electron chi connectivity index (χ2n) is 3.65. The molecule has 0 atom stereocenters. The first-order valence-corrected chi connectivity index (χ1v) is 7.77. The highest BCUT2D eigenvalue weighted by molar-refractivity contribution is 9.10. The van der Waals surface area contributed by atoms with E-state index >= 15 is 0 Å². The fraction of sp³-hybridized carbons (Fsp3) is 0.167. The first kappa shape index (κ1) is 13.8. The van der Waals surface area contributed by atoms with Crippen molar-refractivity contribution in [2.75, 3.05) is 0 Å². The van der Waals surface area contributed by atoms with E-state index in [9.17, 15) is 4.79 Å². The van der Waals surface area contributed by atoms with Gasteiger partial charge in [0.2, 0.25) is 0 Å². The molecule has 0 spiro atoms. The molecule has 0 saturated heterocycles. The van der Waals surface area contributed by atoms with Gasteiger partial charge in [-0.25, -0.2) is 4.98 Å². The molecule has 0 fully saturated rings. The number of aryl methyl sites for hydroxylation is 1. The average Bonchev–Trinajstić information content (AvgIpc) is 2.35. The summed E-state index contributed by atoms with van der Waals surface area (Å²) >= 11 is 8.23. The third-order valence-electron chi connectivity index (χ3n) is 2.27. The maximum atomic E-state index is 11.6. The van der Waals surface area contributed by atoms with Gasteiger partial charge >= 0.3 is 0 Å². The standard InChI is InChI=1S/C12H10Br2N2OS/c1-7-11(14)12(17)16-10(15-7)6-18-9-4-2-8(13)3-5-9/h2-5H,6H2,1H3,(H,15,16,17). The molecule has 3 nitrogen and oxygen atoms in total. The summed E-state index contributed by atoms with van der Waals surface area (Å²) in [6.45, 7) is 1.81. The van der Waals surface area contributed by atoms with Crippen LogP contribution in [0.2, 0.25) is 0 Å². The molecule has 0 radical (unpaired) electrons. The molecule has 0 aliphatic rings. The number of rotatable bonds is 3. The lowest BCUT2D eigenvalue weighted by Crippen LogP contribution is -2.13. The Kier molecular flexibility index (Phi) is 4.64. The molecular weight excluding hydrogens is 380 g/mol. The topological polar surface area (TPSA) is 45.8 Å². The number of nitrogens with one attached hydrogen (secondary N) is 1. The number of thioether (sulfide) groups is 1. The quantitative estimate of drug-likeness (QED) is 0.809. The Morgan fingerprint density at radius 3 is 2.56 bits per heavy atom. The molecule has 0 aliphatic carbocycles. The van der Waals surface area contributed by atoms with Crippen molar-refractivity contribution >= 4 is 43.6 Å². The van der Waals surface area contributed by atoms with E-state index in [0.29, 0.717) is 21.7 Å². The minimum atomic E-state index is -0.131. The van der Waals surface area contributed by atoms with Gasteiger partial charge in [-0.1, -0.05) is 15.9 Å². The summed E-state index contributed by atoms with van der Waals surface area (Å²) in [6.07, 6.45) is 0.